The van der Waals surface area contributed by atoms with Gasteiger partial charge in [-0.25, -0.2) is 9.78 Å². The average molecular weight is 292 g/mol. The van der Waals surface area contributed by atoms with E-state index in [4.69, 9.17) is 9.84 Å². The SMILES string of the molecule is COc1ccc(C(=O)O)c(NC(=O)c2cnc(C)s2)c1. The molecule has 0 unspecified atom stereocenters. The number of carboxylic acid groups (broad SMARTS) is 1. The van der Waals surface area contributed by atoms with Gasteiger partial charge in [-0.2, -0.15) is 0 Å². The van der Waals surface area contributed by atoms with E-state index in [2.05, 4.69) is 10.3 Å². The largest absolute Gasteiger partial charge is 0.497 e. The Hall–Kier alpha value is -2.41. The van der Waals surface area contributed by atoms with Crippen molar-refractivity contribution in [2.45, 2.75) is 6.92 Å². The normalized spacial score (nSPS) is 10.1. The fourth-order valence-electron chi connectivity index (χ4n) is 1.59. The lowest BCUT2D eigenvalue weighted by Crippen LogP contribution is -2.13. The molecule has 0 spiro atoms. The molecule has 0 aliphatic heterocycles. The maximum absolute atomic E-state index is 12.0. The number of hydrogen-bond donors (Lipinski definition) is 2. The molecule has 7 heteroatoms. The summed E-state index contributed by atoms with van der Waals surface area (Å²) in [5.74, 6) is -1.06. The van der Waals surface area contributed by atoms with E-state index in [1.54, 1.807) is 6.92 Å². The van der Waals surface area contributed by atoms with Gasteiger partial charge >= 0.3 is 5.97 Å². The molecule has 1 aromatic carbocycles. The number of anilines is 1. The summed E-state index contributed by atoms with van der Waals surface area (Å²) in [7, 11) is 1.47. The number of carbonyl (C=O) groups is 2. The number of amides is 1. The van der Waals surface area contributed by atoms with Crippen LogP contribution in [0.2, 0.25) is 0 Å². The first-order chi connectivity index (χ1) is 9.51. The number of aromatic nitrogens is 1. The number of carboxylic acids is 1. The summed E-state index contributed by atoms with van der Waals surface area (Å²) in [5, 5.41) is 12.4. The summed E-state index contributed by atoms with van der Waals surface area (Å²) in [6.07, 6.45) is 1.45. The van der Waals surface area contributed by atoms with E-state index < -0.39 is 11.9 Å². The second-order valence-corrected chi connectivity index (χ2v) is 5.15. The Labute approximate surface area is 119 Å². The highest BCUT2D eigenvalue weighted by molar-refractivity contribution is 7.13. The number of thiazole rings is 1. The number of aryl methyl sites for hydroxylation is 1. The average Bonchev–Trinajstić information content (AvgIpc) is 2.85. The minimum absolute atomic E-state index is 0.000359. The minimum atomic E-state index is -1.12. The molecule has 0 radical (unpaired) electrons. The first-order valence-corrected chi connectivity index (χ1v) is 6.48. The Morgan fingerprint density at radius 1 is 1.40 bits per heavy atom. The monoisotopic (exact) mass is 292 g/mol. The van der Waals surface area contributed by atoms with Crippen molar-refractivity contribution in [3.63, 3.8) is 0 Å². The summed E-state index contributed by atoms with van der Waals surface area (Å²) < 4.78 is 5.03. The number of carbonyl (C=O) groups excluding carboxylic acids is 1. The molecule has 6 nitrogen and oxygen atoms in total. The number of nitrogens with one attached hydrogen (secondary N) is 1. The lowest BCUT2D eigenvalue weighted by molar-refractivity contribution is 0.0698. The lowest BCUT2D eigenvalue weighted by Gasteiger charge is -2.09. The van der Waals surface area contributed by atoms with E-state index in [0.29, 0.717) is 10.6 Å². The Bertz CT molecular complexity index is 666. The van der Waals surface area contributed by atoms with E-state index in [9.17, 15) is 9.59 Å². The Morgan fingerprint density at radius 2 is 2.15 bits per heavy atom. The first kappa shape index (κ1) is 14.0. The van der Waals surface area contributed by atoms with Gasteiger partial charge in [0.05, 0.1) is 29.6 Å². The molecule has 0 aliphatic carbocycles. The maximum Gasteiger partial charge on any atom is 0.337 e. The van der Waals surface area contributed by atoms with Gasteiger partial charge in [-0.15, -0.1) is 11.3 Å². The second-order valence-electron chi connectivity index (χ2n) is 3.91. The van der Waals surface area contributed by atoms with Crippen LogP contribution in [0.5, 0.6) is 5.75 Å². The van der Waals surface area contributed by atoms with E-state index in [1.165, 1.54) is 42.8 Å². The topological polar surface area (TPSA) is 88.5 Å². The molecule has 0 fully saturated rings. The molecule has 20 heavy (non-hydrogen) atoms. The van der Waals surface area contributed by atoms with Crippen molar-refractivity contribution >= 4 is 28.9 Å². The van der Waals surface area contributed by atoms with Gasteiger partial charge in [0, 0.05) is 6.07 Å². The van der Waals surface area contributed by atoms with Gasteiger partial charge in [0.25, 0.3) is 5.91 Å². The summed E-state index contributed by atoms with van der Waals surface area (Å²) in [5.41, 5.74) is 0.188. The molecule has 0 saturated heterocycles. The zero-order valence-electron chi connectivity index (χ0n) is 10.8. The van der Waals surface area contributed by atoms with Crippen LogP contribution in [0.25, 0.3) is 0 Å². The molecule has 0 atom stereocenters. The summed E-state index contributed by atoms with van der Waals surface area (Å²) >= 11 is 1.24. The van der Waals surface area contributed by atoms with E-state index in [-0.39, 0.29) is 11.3 Å². The molecule has 1 aromatic heterocycles. The highest BCUT2D eigenvalue weighted by Crippen LogP contribution is 2.24. The number of hydrogen-bond acceptors (Lipinski definition) is 5. The van der Waals surface area contributed by atoms with Gasteiger partial charge in [0.1, 0.15) is 10.6 Å². The van der Waals surface area contributed by atoms with Crippen LogP contribution in [0, 0.1) is 6.92 Å². The number of methoxy groups -OCH3 is 1. The van der Waals surface area contributed by atoms with Crippen LogP contribution >= 0.6 is 11.3 Å². The van der Waals surface area contributed by atoms with Crippen molar-refractivity contribution < 1.29 is 19.4 Å². The molecular weight excluding hydrogens is 280 g/mol. The Morgan fingerprint density at radius 3 is 2.70 bits per heavy atom. The summed E-state index contributed by atoms with van der Waals surface area (Å²) in [6, 6.07) is 4.37. The van der Waals surface area contributed by atoms with Crippen molar-refractivity contribution in [3.8, 4) is 5.75 Å². The maximum atomic E-state index is 12.0. The molecule has 1 heterocycles. The zero-order chi connectivity index (χ0) is 14.7. The zero-order valence-corrected chi connectivity index (χ0v) is 11.7. The number of benzene rings is 1. The highest BCUT2D eigenvalue weighted by atomic mass is 32.1. The Balaban J connectivity index is 2.31. The smallest absolute Gasteiger partial charge is 0.337 e. The van der Waals surface area contributed by atoms with Gasteiger partial charge < -0.3 is 15.2 Å². The number of ether oxygens (including phenoxy) is 1. The standard InChI is InChI=1S/C13H12N2O4S/c1-7-14-6-11(20-7)12(16)15-10-5-8(19-2)3-4-9(10)13(17)18/h3-6H,1-2H3,(H,15,16)(H,17,18). The van der Waals surface area contributed by atoms with Crippen LogP contribution in [0.4, 0.5) is 5.69 Å². The van der Waals surface area contributed by atoms with Crippen molar-refractivity contribution in [2.75, 3.05) is 12.4 Å². The first-order valence-electron chi connectivity index (χ1n) is 5.66. The minimum Gasteiger partial charge on any atom is -0.497 e. The molecule has 0 aliphatic rings. The predicted octanol–water partition coefficient (Wildman–Crippen LogP) is 2.41. The third kappa shape index (κ3) is 2.94. The van der Waals surface area contributed by atoms with Crippen molar-refractivity contribution in [3.05, 3.63) is 39.8 Å². The summed E-state index contributed by atoms with van der Waals surface area (Å²) in [6.45, 7) is 1.79. The molecule has 2 rings (SSSR count). The number of rotatable bonds is 4. The molecule has 2 aromatic rings. The Kier molecular flexibility index (Phi) is 3.99. The quantitative estimate of drug-likeness (QED) is 0.903. The van der Waals surface area contributed by atoms with Crippen molar-refractivity contribution in [1.29, 1.82) is 0 Å². The molecule has 1 amide bonds. The lowest BCUT2D eigenvalue weighted by atomic mass is 10.1. The molecular formula is C13H12N2O4S. The number of aromatic carboxylic acids is 1. The fourth-order valence-corrected chi connectivity index (χ4v) is 2.26. The molecule has 0 saturated carbocycles. The van der Waals surface area contributed by atoms with E-state index in [1.807, 2.05) is 0 Å². The third-order valence-electron chi connectivity index (χ3n) is 2.55. The van der Waals surface area contributed by atoms with Gasteiger partial charge in [0.2, 0.25) is 0 Å². The van der Waals surface area contributed by atoms with Crippen LogP contribution in [-0.2, 0) is 0 Å². The van der Waals surface area contributed by atoms with Crippen LogP contribution in [0.15, 0.2) is 24.4 Å². The van der Waals surface area contributed by atoms with Crippen LogP contribution in [-0.4, -0.2) is 29.1 Å². The van der Waals surface area contributed by atoms with E-state index >= 15 is 0 Å². The van der Waals surface area contributed by atoms with Crippen molar-refractivity contribution in [2.24, 2.45) is 0 Å². The van der Waals surface area contributed by atoms with Crippen LogP contribution in [0.1, 0.15) is 25.0 Å². The third-order valence-corrected chi connectivity index (χ3v) is 3.46. The molecule has 0 bridgehead atoms. The van der Waals surface area contributed by atoms with Gasteiger partial charge in [-0.3, -0.25) is 4.79 Å². The van der Waals surface area contributed by atoms with E-state index in [0.717, 1.165) is 5.01 Å². The van der Waals surface area contributed by atoms with Gasteiger partial charge in [-0.05, 0) is 19.1 Å². The molecule has 104 valence electrons. The van der Waals surface area contributed by atoms with Crippen LogP contribution in [0.3, 0.4) is 0 Å². The summed E-state index contributed by atoms with van der Waals surface area (Å²) in [4.78, 5) is 27.6. The van der Waals surface area contributed by atoms with Gasteiger partial charge in [-0.1, -0.05) is 0 Å². The van der Waals surface area contributed by atoms with Gasteiger partial charge in [0.15, 0.2) is 0 Å². The van der Waals surface area contributed by atoms with Crippen LogP contribution < -0.4 is 10.1 Å². The highest BCUT2D eigenvalue weighted by Gasteiger charge is 2.16. The molecule has 2 N–H and O–H groups in total. The van der Waals surface area contributed by atoms with Crippen molar-refractivity contribution in [1.82, 2.24) is 4.98 Å². The number of nitrogens with zero attached hydrogens (tertiary/aromatic N) is 1. The second kappa shape index (κ2) is 5.70. The predicted molar refractivity (Wildman–Crippen MR) is 74.8 cm³/mol. The fraction of sp³-hybridized carbons (Fsp3) is 0.154.